The Hall–Kier alpha value is -1.05. The van der Waals surface area contributed by atoms with Gasteiger partial charge in [-0.25, -0.2) is 0 Å². The Labute approximate surface area is 148 Å². The number of halogens is 1. The molecule has 0 unspecified atom stereocenters. The maximum Gasteiger partial charge on any atom is 0.430 e. The average molecular weight is 396 g/mol. The highest BCUT2D eigenvalue weighted by Gasteiger charge is 2.43. The molecule has 2 rings (SSSR count). The van der Waals surface area contributed by atoms with Gasteiger partial charge < -0.3 is 0 Å². The van der Waals surface area contributed by atoms with Crippen molar-refractivity contribution < 1.29 is 9.05 Å². The number of aryl methyl sites for hydroxylation is 2. The number of rotatable bonds is 7. The Morgan fingerprint density at radius 1 is 0.870 bits per heavy atom. The first kappa shape index (κ1) is 18.3. The molecule has 0 aliphatic carbocycles. The van der Waals surface area contributed by atoms with Crippen molar-refractivity contribution in [1.29, 1.82) is 0 Å². The lowest BCUT2D eigenvalue weighted by Crippen LogP contribution is -2.10. The molecule has 2 aromatic carbocycles. The van der Waals surface area contributed by atoms with E-state index in [0.29, 0.717) is 5.92 Å². The maximum atomic E-state index is 6.35. The van der Waals surface area contributed by atoms with Gasteiger partial charge in [-0.05, 0) is 49.4 Å². The van der Waals surface area contributed by atoms with E-state index < -0.39 is 6.42 Å². The van der Waals surface area contributed by atoms with Gasteiger partial charge in [-0.15, -0.1) is 0 Å². The van der Waals surface area contributed by atoms with Crippen LogP contribution in [0.5, 0.6) is 11.5 Å². The van der Waals surface area contributed by atoms with Crippen molar-refractivity contribution in [2.45, 2.75) is 34.1 Å². The number of hydrogen-bond donors (Lipinski definition) is 0. The summed E-state index contributed by atoms with van der Waals surface area (Å²) in [6.07, 6.45) is -0.288. The maximum absolute atomic E-state index is 6.35. The summed E-state index contributed by atoms with van der Waals surface area (Å²) in [5.41, 5.74) is 2.24. The Balaban J connectivity index is 2.24. The molecule has 0 spiro atoms. The molecule has 0 amide bonds. The lowest BCUT2D eigenvalue weighted by atomic mass is 10.2. The third-order valence-corrected chi connectivity index (χ3v) is 7.29. The van der Waals surface area contributed by atoms with Crippen LogP contribution in [0.4, 0.5) is 0 Å². The Morgan fingerprint density at radius 3 is 1.70 bits per heavy atom. The van der Waals surface area contributed by atoms with E-state index in [0.717, 1.165) is 35.2 Å². The summed E-state index contributed by atoms with van der Waals surface area (Å²) >= 11 is 3.82. The summed E-state index contributed by atoms with van der Waals surface area (Å²) in [5.74, 6) is 2.37. The van der Waals surface area contributed by atoms with Crippen molar-refractivity contribution in [1.82, 2.24) is 0 Å². The molecule has 2 nitrogen and oxygen atoms in total. The van der Waals surface area contributed by atoms with Gasteiger partial charge in [0.05, 0.1) is 0 Å². The van der Waals surface area contributed by atoms with Crippen molar-refractivity contribution in [3.63, 3.8) is 0 Å². The summed E-state index contributed by atoms with van der Waals surface area (Å²) in [5, 5.41) is 0. The van der Waals surface area contributed by atoms with Crippen molar-refractivity contribution >= 4 is 21.9 Å². The molecule has 0 aliphatic rings. The summed E-state index contributed by atoms with van der Waals surface area (Å²) in [4.78, 5) is 0. The zero-order valence-electron chi connectivity index (χ0n) is 14.3. The first-order valence-corrected chi connectivity index (χ1v) is 11.8. The quantitative estimate of drug-likeness (QED) is 0.471. The van der Waals surface area contributed by atoms with E-state index in [-0.39, 0.29) is 0 Å². The highest BCUT2D eigenvalue weighted by Crippen LogP contribution is 2.67. The van der Waals surface area contributed by atoms with Gasteiger partial charge in [-0.3, -0.25) is 9.05 Å². The Bertz CT molecular complexity index is 595. The van der Waals surface area contributed by atoms with E-state index in [1.54, 1.807) is 0 Å². The van der Waals surface area contributed by atoms with Crippen molar-refractivity contribution in [3.05, 3.63) is 59.7 Å². The zero-order chi connectivity index (χ0) is 16.9. The summed E-state index contributed by atoms with van der Waals surface area (Å²) in [6, 6.07) is 16.2. The molecule has 0 atom stereocenters. The van der Waals surface area contributed by atoms with Crippen LogP contribution in [0.3, 0.4) is 0 Å². The second kappa shape index (κ2) is 8.17. The predicted molar refractivity (Wildman–Crippen MR) is 104 cm³/mol. The highest BCUT2D eigenvalue weighted by molar-refractivity contribution is 9.41. The molecular weight excluding hydrogens is 371 g/mol. The second-order valence-corrected chi connectivity index (χ2v) is 11.4. The Morgan fingerprint density at radius 2 is 1.30 bits per heavy atom. The fourth-order valence-electron chi connectivity index (χ4n) is 2.13. The van der Waals surface area contributed by atoms with Crippen LogP contribution in [0, 0.1) is 19.8 Å². The Kier molecular flexibility index (Phi) is 6.50. The molecule has 0 aromatic heterocycles. The van der Waals surface area contributed by atoms with E-state index in [1.165, 1.54) is 0 Å². The van der Waals surface area contributed by atoms with Crippen molar-refractivity contribution in [2.24, 2.45) is 5.92 Å². The predicted octanol–water partition coefficient (Wildman–Crippen LogP) is 6.96. The fraction of sp³-hybridized carbons (Fsp3) is 0.368. The molecule has 0 N–H and O–H groups in total. The topological polar surface area (TPSA) is 18.5 Å². The average Bonchev–Trinajstić information content (AvgIpc) is 2.50. The summed E-state index contributed by atoms with van der Waals surface area (Å²) < 4.78 is 12.7. The van der Waals surface area contributed by atoms with E-state index >= 15 is 0 Å². The second-order valence-electron chi connectivity index (χ2n) is 6.21. The zero-order valence-corrected chi connectivity index (χ0v) is 16.7. The van der Waals surface area contributed by atoms with Gasteiger partial charge in [-0.2, -0.15) is 0 Å². The fourth-order valence-corrected chi connectivity index (χ4v) is 5.73. The molecule has 0 saturated carbocycles. The monoisotopic (exact) mass is 395 g/mol. The van der Waals surface area contributed by atoms with E-state index in [2.05, 4.69) is 55.3 Å². The molecule has 0 fully saturated rings. The molecular formula is C19H25BrO2P+. The van der Waals surface area contributed by atoms with Gasteiger partial charge in [0.25, 0.3) is 0 Å². The molecule has 0 radical (unpaired) electrons. The van der Waals surface area contributed by atoms with Crippen molar-refractivity contribution in [3.8, 4) is 11.5 Å². The van der Waals surface area contributed by atoms with Gasteiger partial charge in [0.15, 0.2) is 11.5 Å². The summed E-state index contributed by atoms with van der Waals surface area (Å²) in [6.45, 7) is 8.56. The van der Waals surface area contributed by atoms with Gasteiger partial charge in [0.1, 0.15) is 6.16 Å². The van der Waals surface area contributed by atoms with Crippen molar-refractivity contribution in [2.75, 3.05) is 6.16 Å². The molecule has 0 saturated heterocycles. The van der Waals surface area contributed by atoms with Crippen LogP contribution in [0.25, 0.3) is 0 Å². The molecule has 23 heavy (non-hydrogen) atoms. The number of hydrogen-bond acceptors (Lipinski definition) is 2. The van der Waals surface area contributed by atoms with Crippen LogP contribution >= 0.6 is 21.9 Å². The minimum absolute atomic E-state index is 0.605. The van der Waals surface area contributed by atoms with Gasteiger partial charge in [0.2, 0.25) is 15.5 Å². The largest absolute Gasteiger partial charge is 0.430 e. The molecule has 124 valence electrons. The first-order chi connectivity index (χ1) is 10.9. The lowest BCUT2D eigenvalue weighted by Gasteiger charge is -2.21. The van der Waals surface area contributed by atoms with Crippen LogP contribution in [0.15, 0.2) is 48.5 Å². The SMILES string of the molecule is Cc1ccccc1O[P+](Br)(CCC(C)C)Oc1ccccc1C. The number of para-hydroxylation sites is 2. The van der Waals surface area contributed by atoms with Crippen LogP contribution in [0.1, 0.15) is 31.4 Å². The van der Waals surface area contributed by atoms with Gasteiger partial charge >= 0.3 is 6.42 Å². The number of benzene rings is 2. The standard InChI is InChI=1S/C19H25BrO2P/c1-15(2)13-14-23(20,21-18-11-7-5-9-16(18)3)22-19-12-8-6-10-17(19)4/h5-12,15H,13-14H2,1-4H3/q+1. The van der Waals surface area contributed by atoms with E-state index in [9.17, 15) is 0 Å². The summed E-state index contributed by atoms with van der Waals surface area (Å²) in [7, 11) is 0. The third-order valence-electron chi connectivity index (χ3n) is 3.63. The van der Waals surface area contributed by atoms with E-state index in [4.69, 9.17) is 9.05 Å². The first-order valence-electron chi connectivity index (χ1n) is 7.98. The minimum Gasteiger partial charge on any atom is -0.298 e. The minimum atomic E-state index is -2.21. The normalized spacial score (nSPS) is 11.6. The molecule has 2 aromatic rings. The molecule has 0 bridgehead atoms. The van der Waals surface area contributed by atoms with Crippen LogP contribution in [-0.4, -0.2) is 6.16 Å². The molecule has 0 aliphatic heterocycles. The smallest absolute Gasteiger partial charge is 0.298 e. The third kappa shape index (κ3) is 5.51. The van der Waals surface area contributed by atoms with Crippen LogP contribution in [0.2, 0.25) is 0 Å². The lowest BCUT2D eigenvalue weighted by molar-refractivity contribution is 0.470. The van der Waals surface area contributed by atoms with Gasteiger partial charge in [-0.1, -0.05) is 50.2 Å². The molecule has 0 heterocycles. The highest BCUT2D eigenvalue weighted by atomic mass is 79.9. The molecule has 4 heteroatoms. The van der Waals surface area contributed by atoms with Crippen LogP contribution < -0.4 is 9.05 Å². The van der Waals surface area contributed by atoms with E-state index in [1.807, 2.05) is 36.4 Å². The van der Waals surface area contributed by atoms with Gasteiger partial charge in [0, 0.05) is 0 Å². The van der Waals surface area contributed by atoms with Crippen LogP contribution in [-0.2, 0) is 0 Å².